The molecule has 4 aliphatic heterocycles. The summed E-state index contributed by atoms with van der Waals surface area (Å²) < 4.78 is 120. The van der Waals surface area contributed by atoms with Crippen molar-refractivity contribution in [1.29, 1.82) is 0 Å². The maximum absolute atomic E-state index is 15.8. The van der Waals surface area contributed by atoms with Gasteiger partial charge >= 0.3 is 43.4 Å². The van der Waals surface area contributed by atoms with E-state index >= 15 is 13.7 Å². The van der Waals surface area contributed by atoms with Crippen molar-refractivity contribution in [3.63, 3.8) is 0 Å². The van der Waals surface area contributed by atoms with Gasteiger partial charge in [0.05, 0.1) is 56.4 Å². The Hall–Kier alpha value is -8.34. The quantitative estimate of drug-likeness (QED) is 0.0115. The average molecular weight is 1640 g/mol. The van der Waals surface area contributed by atoms with E-state index in [-0.39, 0.29) is 108 Å². The number of benzene rings is 1. The second kappa shape index (κ2) is 37.8. The average Bonchev–Trinajstić information content (AvgIpc) is 1.63. The fourth-order valence-electron chi connectivity index (χ4n) is 11.5. The van der Waals surface area contributed by atoms with Gasteiger partial charge in [0.25, 0.3) is 22.6 Å². The van der Waals surface area contributed by atoms with E-state index in [1.807, 2.05) is 0 Å². The third kappa shape index (κ3) is 21.7. The lowest BCUT2D eigenvalue weighted by Crippen LogP contribution is -2.33. The first kappa shape index (κ1) is 84.1. The molecule has 0 saturated carbocycles. The largest absolute Gasteiger partial charge is 0.459 e. The number of aliphatic hydroxyl groups is 1. The number of carbonyl (C=O) groups is 4. The predicted molar refractivity (Wildman–Crippen MR) is 395 cm³/mol. The van der Waals surface area contributed by atoms with E-state index in [0.717, 1.165) is 13.7 Å². The van der Waals surface area contributed by atoms with Crippen LogP contribution < -0.4 is 44.4 Å². The lowest BCUT2D eigenvalue weighted by atomic mass is 10.1. The molecule has 0 bridgehead atoms. The molecular formula is C64H76N15O25P3S3. The van der Waals surface area contributed by atoms with Crippen LogP contribution in [0.15, 0.2) is 90.1 Å². The smallest absolute Gasteiger partial charge is 0.389 e. The van der Waals surface area contributed by atoms with Gasteiger partial charge in [0, 0.05) is 73.3 Å². The summed E-state index contributed by atoms with van der Waals surface area (Å²) in [5, 5.41) is 15.8. The number of aliphatic hydroxyl groups excluding tert-OH is 1. The number of aromatic nitrogens is 10. The SMILES string of the molecule is [C-]#[N+]CCSP(=O)(OC[C@H]1O[C@@H](n2cc(C)c(=O)[nH]c2=O)C[C@H]1OP(=O)(OC[C@H]1O[C@@H](n2cc(C)c(=O)[nH]c2=O)C[C@H]1OC(=O)CCC(C)=O)SCC[N+]#[C-])O[C@@H]1C[C@H](n2ccc(NC(=O)c3ccccc3)nc2=O)O[C@@H]1COP(=O)(O[C@@H]1C[C@H](n2cnc3c(=O)[nH]c(NC(=O)C(C)C)nc32)O[C@@H]1CO)SCC[N+]#[C-]. The summed E-state index contributed by atoms with van der Waals surface area (Å²) in [6, 6.07) is 9.33. The van der Waals surface area contributed by atoms with Crippen molar-refractivity contribution in [3.8, 4) is 0 Å². The van der Waals surface area contributed by atoms with Crippen molar-refractivity contribution in [2.45, 2.75) is 147 Å². The zero-order chi connectivity index (χ0) is 79.2. The van der Waals surface area contributed by atoms with Gasteiger partial charge in [-0.3, -0.25) is 94.4 Å². The van der Waals surface area contributed by atoms with Crippen molar-refractivity contribution in [2.24, 2.45) is 5.92 Å². The van der Waals surface area contributed by atoms with Crippen LogP contribution >= 0.6 is 54.5 Å². The van der Waals surface area contributed by atoms with Crippen molar-refractivity contribution in [1.82, 2.24) is 48.2 Å². The second-order valence-electron chi connectivity index (χ2n) is 25.3. The number of hydrogen-bond donors (Lipinski definition) is 6. The van der Waals surface area contributed by atoms with Crippen molar-refractivity contribution < 1.29 is 88.8 Å². The van der Waals surface area contributed by atoms with Gasteiger partial charge in [-0.2, -0.15) is 9.97 Å². The summed E-state index contributed by atoms with van der Waals surface area (Å²) in [6.07, 6.45) is -13.1. The summed E-state index contributed by atoms with van der Waals surface area (Å²) in [5.74, 6) is -3.63. The number of Topliss-reactive ketones (excluding diaryl/α,β-unsaturated/α-hetero) is 1. The minimum absolute atomic E-state index is 0.0380. The van der Waals surface area contributed by atoms with Gasteiger partial charge < -0.3 is 53.4 Å². The van der Waals surface area contributed by atoms with Crippen LogP contribution in [-0.4, -0.2) is 189 Å². The van der Waals surface area contributed by atoms with Crippen LogP contribution in [0.3, 0.4) is 0 Å². The maximum atomic E-state index is 15.8. The van der Waals surface area contributed by atoms with Gasteiger partial charge in [0.1, 0.15) is 85.3 Å². The Balaban J connectivity index is 0.944. The number of H-pyrrole nitrogens is 3. The van der Waals surface area contributed by atoms with E-state index in [2.05, 4.69) is 55.1 Å². The molecule has 4 fully saturated rings. The lowest BCUT2D eigenvalue weighted by molar-refractivity contribution is -0.153. The molecule has 9 heterocycles. The van der Waals surface area contributed by atoms with Crippen molar-refractivity contribution in [3.05, 3.63) is 175 Å². The van der Waals surface area contributed by atoms with E-state index in [1.165, 1.54) is 68.5 Å². The van der Waals surface area contributed by atoms with Crippen LogP contribution in [0.25, 0.3) is 25.7 Å². The van der Waals surface area contributed by atoms with Gasteiger partial charge in [-0.1, -0.05) is 32.0 Å². The molecule has 1 aromatic carbocycles. The van der Waals surface area contributed by atoms with E-state index in [4.69, 9.17) is 70.5 Å². The van der Waals surface area contributed by atoms with Crippen LogP contribution in [0.1, 0.15) is 106 Å². The Morgan fingerprint density at radius 3 is 1.55 bits per heavy atom. The highest BCUT2D eigenvalue weighted by Gasteiger charge is 2.50. The van der Waals surface area contributed by atoms with Crippen LogP contribution in [0.2, 0.25) is 0 Å². The zero-order valence-electron chi connectivity index (χ0n) is 59.4. The third-order valence-electron chi connectivity index (χ3n) is 17.0. The molecule has 2 amide bonds. The molecule has 6 N–H and O–H groups in total. The Labute approximate surface area is 636 Å². The monoisotopic (exact) mass is 1640 g/mol. The van der Waals surface area contributed by atoms with Crippen LogP contribution in [-0.2, 0) is 78.9 Å². The predicted octanol–water partition coefficient (Wildman–Crippen LogP) is 5.85. The fraction of sp³-hybridized carbons (Fsp3) is 0.531. The molecule has 0 spiro atoms. The minimum Gasteiger partial charge on any atom is -0.459 e. The van der Waals surface area contributed by atoms with Crippen LogP contribution in [0.4, 0.5) is 11.8 Å². The highest BCUT2D eigenvalue weighted by Crippen LogP contribution is 2.66. The number of rotatable bonds is 37. The number of nitrogens with zero attached hydrogens (tertiary/aromatic N) is 10. The molecule has 110 heavy (non-hydrogen) atoms. The Kier molecular flexibility index (Phi) is 28.9. The molecular weight excluding hydrogens is 1570 g/mol. The first-order valence-corrected chi connectivity index (χ1v) is 43.4. The number of imidazole rings is 1. The van der Waals surface area contributed by atoms with E-state index in [1.54, 1.807) is 32.0 Å². The van der Waals surface area contributed by atoms with Crippen molar-refractivity contribution in [2.75, 3.05) is 74.0 Å². The number of ether oxygens (including phenoxy) is 5. The minimum atomic E-state index is -4.83. The van der Waals surface area contributed by atoms with Gasteiger partial charge in [-0.15, -0.1) is 0 Å². The summed E-state index contributed by atoms with van der Waals surface area (Å²) >= 11 is 1.68. The molecule has 46 heteroatoms. The van der Waals surface area contributed by atoms with E-state index in [9.17, 15) is 53.1 Å². The number of aryl methyl sites for hydroxylation is 2. The number of nitrogens with one attached hydrogen (secondary N) is 5. The van der Waals surface area contributed by atoms with Gasteiger partial charge in [-0.05, 0) is 73.1 Å². The first-order valence-electron chi connectivity index (χ1n) is 34.0. The first-order chi connectivity index (χ1) is 52.5. The molecule has 590 valence electrons. The summed E-state index contributed by atoms with van der Waals surface area (Å²) in [7, 11) is 0. The van der Waals surface area contributed by atoms with Crippen LogP contribution in [0, 0.1) is 39.5 Å². The third-order valence-corrected chi connectivity index (χ3v) is 28.3. The normalized spacial score (nSPS) is 24.0. The number of ketones is 1. The zero-order valence-corrected chi connectivity index (χ0v) is 64.5. The maximum Gasteiger partial charge on any atom is 0.389 e. The number of fused-ring (bicyclic) bond motifs is 1. The molecule has 4 aliphatic rings. The molecule has 0 aliphatic carbocycles. The standard InChI is InChI=1S/C64H76N15O25P3S3/c1-35(2)56(83)72-61-71-55-54(60(87)73-61)68-34-79(55)52-25-41(44(30-80)97-52)102-105(91,108-21-17-65-6)95-32-46-42(26-49(99-46)76-20-16-48(70-62(76)88)69-59(86)39-12-10-9-11-13-39)103-107(93,110-23-19-67-8)96-33-47-43(27-51(100-47)78-29-37(4)58(85)75-64(78)90)104-106(92,109-22-18-66-7)94-31-45-40(101-53(82)15-14-38(5)81)24-50(98-45)77-28-36(3)57(84)74-63(77)89/h9-13,16,20,28-29,34-35,40-47,49-52,80H,14-15,17-19,21-27,30-33H2,1-5H3,(H,74,84,89)(H,75,85,90)(H,69,70,86,88)(H2,71,72,73,83,87)/t40-,41-,42-,43-,44-,45-,46-,47-,49-,50-,51-,52-,105?,106?,107?/m1/s1. The fourth-order valence-corrected chi connectivity index (χ4v) is 21.4. The number of hydrogen-bond acceptors (Lipinski definition) is 31. The van der Waals surface area contributed by atoms with Gasteiger partial charge in [0.2, 0.25) is 31.5 Å². The number of esters is 1. The van der Waals surface area contributed by atoms with Crippen molar-refractivity contribution >= 4 is 101 Å². The van der Waals surface area contributed by atoms with Crippen LogP contribution in [0.5, 0.6) is 0 Å². The molecule has 0 radical (unpaired) electrons. The highest BCUT2D eigenvalue weighted by atomic mass is 32.7. The summed E-state index contributed by atoms with van der Waals surface area (Å²) in [5.41, 5.74) is -4.71. The molecule has 6 aromatic rings. The Morgan fingerprint density at radius 2 is 1.08 bits per heavy atom. The Morgan fingerprint density at radius 1 is 0.618 bits per heavy atom. The number of aromatic amines is 3. The molecule has 10 rings (SSSR count). The molecule has 40 nitrogen and oxygen atoms in total. The van der Waals surface area contributed by atoms with Gasteiger partial charge in [0.15, 0.2) is 11.2 Å². The Bertz CT molecular complexity index is 5040. The molecule has 5 aromatic heterocycles. The molecule has 15 atom stereocenters. The highest BCUT2D eigenvalue weighted by molar-refractivity contribution is 8.55. The van der Waals surface area contributed by atoms with E-state index < -0.39 is 191 Å². The lowest BCUT2D eigenvalue weighted by Gasteiger charge is -2.28. The number of carbonyl (C=O) groups excluding carboxylic acids is 4. The summed E-state index contributed by atoms with van der Waals surface area (Å²) in [6.45, 7) is 12.1. The molecule has 4 saturated heterocycles. The van der Waals surface area contributed by atoms with Gasteiger partial charge in [-0.25, -0.2) is 52.8 Å². The number of amides is 2. The molecule has 3 unspecified atom stereocenters. The number of anilines is 2. The van der Waals surface area contributed by atoms with E-state index in [0.29, 0.717) is 34.1 Å². The topological polar surface area (TPSA) is 487 Å². The summed E-state index contributed by atoms with van der Waals surface area (Å²) in [4.78, 5) is 159. The second-order valence-corrected chi connectivity index (χ2v) is 37.8.